The molecule has 21 heavy (non-hydrogen) atoms. The van der Waals surface area contributed by atoms with E-state index < -0.39 is 16.1 Å². The van der Waals surface area contributed by atoms with Gasteiger partial charge in [0.15, 0.2) is 6.61 Å². The number of anilines is 1. The van der Waals surface area contributed by atoms with Gasteiger partial charge in [0.1, 0.15) is 5.75 Å². The van der Waals surface area contributed by atoms with Gasteiger partial charge in [0.05, 0.1) is 16.7 Å². The average molecular weight is 314 g/mol. The van der Waals surface area contributed by atoms with Crippen LogP contribution in [0.1, 0.15) is 19.8 Å². The molecule has 1 atom stereocenters. The zero-order chi connectivity index (χ0) is 15.5. The number of sulfonamides is 1. The van der Waals surface area contributed by atoms with Gasteiger partial charge in [-0.1, -0.05) is 6.92 Å². The first-order chi connectivity index (χ1) is 9.92. The second-order valence-electron chi connectivity index (χ2n) is 4.74. The summed E-state index contributed by atoms with van der Waals surface area (Å²) < 4.78 is 31.8. The summed E-state index contributed by atoms with van der Waals surface area (Å²) in [6.07, 6.45) is 0.397. The van der Waals surface area contributed by atoms with E-state index in [-0.39, 0.29) is 24.0 Å². The van der Waals surface area contributed by atoms with Gasteiger partial charge in [0.2, 0.25) is 10.0 Å². The fourth-order valence-corrected chi connectivity index (χ4v) is 2.95. The van der Waals surface area contributed by atoms with Crippen molar-refractivity contribution in [2.75, 3.05) is 18.5 Å². The highest BCUT2D eigenvalue weighted by molar-refractivity contribution is 7.89. The first-order valence-electron chi connectivity index (χ1n) is 6.67. The summed E-state index contributed by atoms with van der Waals surface area (Å²) in [4.78, 5) is 11.3. The molecule has 0 bridgehead atoms. The standard InChI is InChI=1S/C13H18N2O5S/c1-2-9(16)5-6-14-21(18,19)10-3-4-12-11(7-10)15-13(17)8-20-12/h3-4,7,9,14,16H,2,5-6,8H2,1H3,(H,15,17). The van der Waals surface area contributed by atoms with Crippen LogP contribution in [-0.2, 0) is 14.8 Å². The summed E-state index contributed by atoms with van der Waals surface area (Å²) in [6.45, 7) is 1.90. The Kier molecular flexibility index (Phi) is 4.81. The van der Waals surface area contributed by atoms with Crippen LogP contribution < -0.4 is 14.8 Å². The van der Waals surface area contributed by atoms with Crippen molar-refractivity contribution in [3.8, 4) is 5.75 Å². The minimum atomic E-state index is -3.68. The number of ether oxygens (including phenoxy) is 1. The highest BCUT2D eigenvalue weighted by atomic mass is 32.2. The lowest BCUT2D eigenvalue weighted by Crippen LogP contribution is -2.28. The number of aliphatic hydroxyl groups is 1. The Balaban J connectivity index is 2.10. The summed E-state index contributed by atoms with van der Waals surface area (Å²) in [5.74, 6) is 0.117. The van der Waals surface area contributed by atoms with Gasteiger partial charge in [-0.3, -0.25) is 4.79 Å². The Morgan fingerprint density at radius 3 is 2.95 bits per heavy atom. The smallest absolute Gasteiger partial charge is 0.262 e. The maximum atomic E-state index is 12.1. The molecule has 8 heteroatoms. The number of hydrogen-bond acceptors (Lipinski definition) is 5. The summed E-state index contributed by atoms with van der Waals surface area (Å²) in [7, 11) is -3.68. The number of carbonyl (C=O) groups excluding carboxylic acids is 1. The number of benzene rings is 1. The van der Waals surface area contributed by atoms with Crippen molar-refractivity contribution in [3.63, 3.8) is 0 Å². The van der Waals surface area contributed by atoms with E-state index in [9.17, 15) is 18.3 Å². The van der Waals surface area contributed by atoms with Crippen molar-refractivity contribution >= 4 is 21.6 Å². The third-order valence-corrected chi connectivity index (χ3v) is 4.59. The van der Waals surface area contributed by atoms with Gasteiger partial charge >= 0.3 is 0 Å². The maximum absolute atomic E-state index is 12.1. The molecule has 1 aliphatic rings. The van der Waals surface area contributed by atoms with Crippen LogP contribution in [0.25, 0.3) is 0 Å². The predicted octanol–water partition coefficient (Wildman–Crippen LogP) is 0.457. The molecule has 0 radical (unpaired) electrons. The van der Waals surface area contributed by atoms with E-state index in [0.717, 1.165) is 0 Å². The summed E-state index contributed by atoms with van der Waals surface area (Å²) >= 11 is 0. The molecule has 1 amide bonds. The van der Waals surface area contributed by atoms with Gasteiger partial charge in [-0.05, 0) is 31.0 Å². The van der Waals surface area contributed by atoms with Crippen LogP contribution >= 0.6 is 0 Å². The van der Waals surface area contributed by atoms with Crippen molar-refractivity contribution in [1.29, 1.82) is 0 Å². The van der Waals surface area contributed by atoms with Crippen molar-refractivity contribution in [1.82, 2.24) is 4.72 Å². The minimum Gasteiger partial charge on any atom is -0.482 e. The highest BCUT2D eigenvalue weighted by Gasteiger charge is 2.20. The number of amides is 1. The highest BCUT2D eigenvalue weighted by Crippen LogP contribution is 2.29. The number of fused-ring (bicyclic) bond motifs is 1. The lowest BCUT2D eigenvalue weighted by Gasteiger charge is -2.18. The van der Waals surface area contributed by atoms with Crippen molar-refractivity contribution in [2.45, 2.75) is 30.8 Å². The zero-order valence-corrected chi connectivity index (χ0v) is 12.4. The Bertz CT molecular complexity index is 629. The molecule has 1 aromatic rings. The van der Waals surface area contributed by atoms with Gasteiger partial charge in [0, 0.05) is 6.54 Å². The second-order valence-corrected chi connectivity index (χ2v) is 6.51. The molecule has 3 N–H and O–H groups in total. The molecule has 0 aliphatic carbocycles. The first-order valence-corrected chi connectivity index (χ1v) is 8.15. The van der Waals surface area contributed by atoms with E-state index in [1.807, 2.05) is 6.92 Å². The Hall–Kier alpha value is -1.64. The molecule has 1 aromatic carbocycles. The third kappa shape index (κ3) is 3.93. The fourth-order valence-electron chi connectivity index (χ4n) is 1.88. The molecule has 1 heterocycles. The molecule has 0 saturated heterocycles. The van der Waals surface area contributed by atoms with Crippen molar-refractivity contribution in [2.24, 2.45) is 0 Å². The molecule has 0 aromatic heterocycles. The molecule has 0 saturated carbocycles. The number of nitrogens with one attached hydrogen (secondary N) is 2. The van der Waals surface area contributed by atoms with Gasteiger partial charge < -0.3 is 15.2 Å². The van der Waals surface area contributed by atoms with Gasteiger partial charge in [-0.15, -0.1) is 0 Å². The molecule has 2 rings (SSSR count). The van der Waals surface area contributed by atoms with Crippen LogP contribution in [0.2, 0.25) is 0 Å². The molecule has 1 unspecified atom stereocenters. The van der Waals surface area contributed by atoms with Crippen molar-refractivity contribution in [3.05, 3.63) is 18.2 Å². The quantitative estimate of drug-likeness (QED) is 0.707. The van der Waals surface area contributed by atoms with Gasteiger partial charge in [-0.2, -0.15) is 0 Å². The second kappa shape index (κ2) is 6.42. The van der Waals surface area contributed by atoms with E-state index in [4.69, 9.17) is 4.74 Å². The molecule has 116 valence electrons. The molecular weight excluding hydrogens is 296 g/mol. The molecule has 7 nitrogen and oxygen atoms in total. The van der Waals surface area contributed by atoms with Crippen LogP contribution in [-0.4, -0.2) is 38.7 Å². The number of hydrogen-bond donors (Lipinski definition) is 3. The van der Waals surface area contributed by atoms with Gasteiger partial charge in [-0.25, -0.2) is 13.1 Å². The Morgan fingerprint density at radius 1 is 1.48 bits per heavy atom. The lowest BCUT2D eigenvalue weighted by atomic mass is 10.2. The van der Waals surface area contributed by atoms with Crippen LogP contribution in [0.5, 0.6) is 5.75 Å². The monoisotopic (exact) mass is 314 g/mol. The maximum Gasteiger partial charge on any atom is 0.262 e. The molecule has 1 aliphatic heterocycles. The van der Waals surface area contributed by atoms with E-state index in [0.29, 0.717) is 24.3 Å². The van der Waals surface area contributed by atoms with Crippen LogP contribution in [0.4, 0.5) is 5.69 Å². The van der Waals surface area contributed by atoms with E-state index in [1.165, 1.54) is 18.2 Å². The summed E-state index contributed by atoms with van der Waals surface area (Å²) in [6, 6.07) is 4.27. The summed E-state index contributed by atoms with van der Waals surface area (Å²) in [5, 5.41) is 12.0. The number of aliphatic hydroxyl groups excluding tert-OH is 1. The number of rotatable bonds is 6. The Labute approximate surface area is 123 Å². The predicted molar refractivity (Wildman–Crippen MR) is 76.7 cm³/mol. The van der Waals surface area contributed by atoms with Crippen molar-refractivity contribution < 1.29 is 23.1 Å². The largest absolute Gasteiger partial charge is 0.482 e. The summed E-state index contributed by atoms with van der Waals surface area (Å²) in [5.41, 5.74) is 0.336. The van der Waals surface area contributed by atoms with E-state index in [2.05, 4.69) is 10.0 Å². The average Bonchev–Trinajstić information content (AvgIpc) is 2.46. The molecular formula is C13H18N2O5S. The van der Waals surface area contributed by atoms with Crippen LogP contribution in [0.3, 0.4) is 0 Å². The zero-order valence-electron chi connectivity index (χ0n) is 11.6. The third-order valence-electron chi connectivity index (χ3n) is 3.14. The van der Waals surface area contributed by atoms with Crippen LogP contribution in [0.15, 0.2) is 23.1 Å². The minimum absolute atomic E-state index is 0.0399. The Morgan fingerprint density at radius 2 is 2.24 bits per heavy atom. The van der Waals surface area contributed by atoms with Crippen LogP contribution in [0, 0.1) is 0 Å². The SMILES string of the molecule is CCC(O)CCNS(=O)(=O)c1ccc2c(c1)NC(=O)CO2. The molecule has 0 spiro atoms. The topological polar surface area (TPSA) is 105 Å². The van der Waals surface area contributed by atoms with Gasteiger partial charge in [0.25, 0.3) is 5.91 Å². The van der Waals surface area contributed by atoms with E-state index in [1.54, 1.807) is 0 Å². The first kappa shape index (κ1) is 15.7. The molecule has 0 fully saturated rings. The fraction of sp³-hybridized carbons (Fsp3) is 0.462. The lowest BCUT2D eigenvalue weighted by molar-refractivity contribution is -0.118. The number of carbonyl (C=O) groups is 1. The van der Waals surface area contributed by atoms with E-state index >= 15 is 0 Å². The normalized spacial score (nSPS) is 15.8.